The van der Waals surface area contributed by atoms with Crippen LogP contribution in [0.3, 0.4) is 0 Å². The van der Waals surface area contributed by atoms with Crippen LogP contribution in [0.5, 0.6) is 0 Å². The quantitative estimate of drug-likeness (QED) is 0.851. The summed E-state index contributed by atoms with van der Waals surface area (Å²) in [7, 11) is 1.18. The topological polar surface area (TPSA) is 66.8 Å². The average molecular weight is 283 g/mol. The van der Waals surface area contributed by atoms with Crippen molar-refractivity contribution in [3.8, 4) is 0 Å². The maximum Gasteiger partial charge on any atom is 0.365 e. The van der Waals surface area contributed by atoms with Crippen LogP contribution in [0.25, 0.3) is 0 Å². The summed E-state index contributed by atoms with van der Waals surface area (Å²) in [5.41, 5.74) is -1.21. The number of rotatable bonds is 2. The predicted octanol–water partition coefficient (Wildman–Crippen LogP) is 1.67. The molecular weight excluding hydrogens is 270 g/mol. The number of anilines is 1. The zero-order valence-electron chi connectivity index (χ0n) is 11.3. The van der Waals surface area contributed by atoms with Gasteiger partial charge < -0.3 is 9.84 Å². The van der Waals surface area contributed by atoms with E-state index in [0.717, 1.165) is 4.90 Å². The van der Waals surface area contributed by atoms with Crippen LogP contribution in [0.1, 0.15) is 15.9 Å². The highest BCUT2D eigenvalue weighted by Gasteiger charge is 2.55. The highest BCUT2D eigenvalue weighted by molar-refractivity contribution is 6.16. The molecule has 2 aromatic carbocycles. The van der Waals surface area contributed by atoms with Crippen molar-refractivity contribution >= 4 is 17.6 Å². The van der Waals surface area contributed by atoms with E-state index in [4.69, 9.17) is 4.74 Å². The molecule has 0 aliphatic carbocycles. The normalized spacial score (nSPS) is 20.3. The number of carbonyl (C=O) groups is 2. The molecule has 0 fully saturated rings. The van der Waals surface area contributed by atoms with Gasteiger partial charge in [-0.15, -0.1) is 0 Å². The molecule has 0 saturated heterocycles. The van der Waals surface area contributed by atoms with Crippen molar-refractivity contribution in [2.75, 3.05) is 12.0 Å². The number of esters is 1. The van der Waals surface area contributed by atoms with Crippen molar-refractivity contribution in [2.24, 2.45) is 0 Å². The summed E-state index contributed by atoms with van der Waals surface area (Å²) in [6.07, 6.45) is 0. The Balaban J connectivity index is 2.25. The van der Waals surface area contributed by atoms with E-state index in [1.807, 2.05) is 0 Å². The van der Waals surface area contributed by atoms with E-state index in [-0.39, 0.29) is 11.1 Å². The average Bonchev–Trinajstić information content (AvgIpc) is 2.77. The van der Waals surface area contributed by atoms with Crippen molar-refractivity contribution in [3.05, 3.63) is 65.7 Å². The summed E-state index contributed by atoms with van der Waals surface area (Å²) < 4.78 is 4.71. The first-order valence-electron chi connectivity index (χ1n) is 6.40. The molecular formula is C16H13NO4. The van der Waals surface area contributed by atoms with Crippen LogP contribution < -0.4 is 4.90 Å². The van der Waals surface area contributed by atoms with Crippen molar-refractivity contribution in [3.63, 3.8) is 0 Å². The summed E-state index contributed by atoms with van der Waals surface area (Å²) in [4.78, 5) is 25.8. The number of benzene rings is 2. The standard InChI is InChI=1S/C16H13NO4/c1-21-15(19)16(20)13-10-6-5-9-12(13)14(18)17(16)11-7-3-2-4-8-11/h2-10,20H,1H3. The summed E-state index contributed by atoms with van der Waals surface area (Å²) in [5, 5.41) is 10.9. The molecule has 1 aliphatic heterocycles. The van der Waals surface area contributed by atoms with E-state index in [1.54, 1.807) is 54.6 Å². The van der Waals surface area contributed by atoms with Crippen LogP contribution in [0.2, 0.25) is 0 Å². The summed E-state index contributed by atoms with van der Waals surface area (Å²) in [6, 6.07) is 15.0. The third-order valence-corrected chi connectivity index (χ3v) is 3.54. The van der Waals surface area contributed by atoms with Gasteiger partial charge in [-0.1, -0.05) is 36.4 Å². The molecule has 1 aliphatic rings. The fraction of sp³-hybridized carbons (Fsp3) is 0.125. The molecule has 3 rings (SSSR count). The number of para-hydroxylation sites is 1. The van der Waals surface area contributed by atoms with Gasteiger partial charge in [0, 0.05) is 16.8 Å². The lowest BCUT2D eigenvalue weighted by atomic mass is 10.0. The first kappa shape index (κ1) is 13.3. The lowest BCUT2D eigenvalue weighted by Crippen LogP contribution is -2.50. The first-order chi connectivity index (χ1) is 10.1. The highest BCUT2D eigenvalue weighted by Crippen LogP contribution is 2.41. The molecule has 1 unspecified atom stereocenters. The molecule has 106 valence electrons. The van der Waals surface area contributed by atoms with Crippen LogP contribution in [0, 0.1) is 0 Å². The number of amides is 1. The van der Waals surface area contributed by atoms with Crippen LogP contribution >= 0.6 is 0 Å². The Morgan fingerprint density at radius 3 is 2.38 bits per heavy atom. The molecule has 0 aromatic heterocycles. The summed E-state index contributed by atoms with van der Waals surface area (Å²) in [6.45, 7) is 0. The van der Waals surface area contributed by atoms with E-state index in [0.29, 0.717) is 5.69 Å². The van der Waals surface area contributed by atoms with Crippen molar-refractivity contribution in [1.29, 1.82) is 0 Å². The molecule has 1 atom stereocenters. The van der Waals surface area contributed by atoms with Gasteiger partial charge in [0.25, 0.3) is 11.6 Å². The van der Waals surface area contributed by atoms with E-state index in [1.165, 1.54) is 7.11 Å². The fourth-order valence-electron chi connectivity index (χ4n) is 2.59. The largest absolute Gasteiger partial charge is 0.465 e. The highest BCUT2D eigenvalue weighted by atomic mass is 16.5. The molecule has 0 bridgehead atoms. The summed E-state index contributed by atoms with van der Waals surface area (Å²) in [5.74, 6) is -1.34. The smallest absolute Gasteiger partial charge is 0.365 e. The number of hydrogen-bond donors (Lipinski definition) is 1. The molecule has 0 saturated carbocycles. The third-order valence-electron chi connectivity index (χ3n) is 3.54. The van der Waals surface area contributed by atoms with Crippen molar-refractivity contribution in [2.45, 2.75) is 5.72 Å². The van der Waals surface area contributed by atoms with Gasteiger partial charge in [0.1, 0.15) is 0 Å². The lowest BCUT2D eigenvalue weighted by Gasteiger charge is -2.31. The molecule has 5 nitrogen and oxygen atoms in total. The van der Waals surface area contributed by atoms with E-state index < -0.39 is 17.6 Å². The fourth-order valence-corrected chi connectivity index (χ4v) is 2.59. The monoisotopic (exact) mass is 283 g/mol. The van der Waals surface area contributed by atoms with E-state index in [2.05, 4.69) is 0 Å². The van der Waals surface area contributed by atoms with E-state index >= 15 is 0 Å². The number of carbonyl (C=O) groups excluding carboxylic acids is 2. The minimum Gasteiger partial charge on any atom is -0.465 e. The summed E-state index contributed by atoms with van der Waals surface area (Å²) >= 11 is 0. The van der Waals surface area contributed by atoms with Gasteiger partial charge >= 0.3 is 5.97 Å². The van der Waals surface area contributed by atoms with Gasteiger partial charge in [0.05, 0.1) is 7.11 Å². The number of ether oxygens (including phenoxy) is 1. The molecule has 1 amide bonds. The Morgan fingerprint density at radius 1 is 1.10 bits per heavy atom. The van der Waals surface area contributed by atoms with Crippen molar-refractivity contribution < 1.29 is 19.4 Å². The van der Waals surface area contributed by atoms with Crippen LogP contribution in [0.15, 0.2) is 54.6 Å². The van der Waals surface area contributed by atoms with Gasteiger partial charge in [0.15, 0.2) is 0 Å². The maximum absolute atomic E-state index is 12.6. The van der Waals surface area contributed by atoms with Gasteiger partial charge in [-0.3, -0.25) is 9.69 Å². The number of fused-ring (bicyclic) bond motifs is 1. The second-order valence-electron chi connectivity index (χ2n) is 4.69. The predicted molar refractivity (Wildman–Crippen MR) is 75.6 cm³/mol. The van der Waals surface area contributed by atoms with E-state index in [9.17, 15) is 14.7 Å². The minimum atomic E-state index is -2.15. The Morgan fingerprint density at radius 2 is 1.71 bits per heavy atom. The first-order valence-corrected chi connectivity index (χ1v) is 6.40. The zero-order valence-corrected chi connectivity index (χ0v) is 11.3. The number of nitrogens with zero attached hydrogens (tertiary/aromatic N) is 1. The van der Waals surface area contributed by atoms with Gasteiger partial charge in [0.2, 0.25) is 0 Å². The Bertz CT molecular complexity index is 713. The molecule has 0 spiro atoms. The SMILES string of the molecule is COC(=O)C1(O)c2ccccc2C(=O)N1c1ccccc1. The molecule has 21 heavy (non-hydrogen) atoms. The van der Waals surface area contributed by atoms with Crippen LogP contribution in [-0.4, -0.2) is 24.1 Å². The molecule has 5 heteroatoms. The molecule has 1 heterocycles. The molecule has 1 N–H and O–H groups in total. The third kappa shape index (κ3) is 1.75. The zero-order chi connectivity index (χ0) is 15.0. The van der Waals surface area contributed by atoms with Gasteiger partial charge in [-0.25, -0.2) is 4.79 Å². The Labute approximate surface area is 121 Å². The Kier molecular flexibility index (Phi) is 2.99. The van der Waals surface area contributed by atoms with Gasteiger partial charge in [-0.05, 0) is 18.2 Å². The number of hydrogen-bond acceptors (Lipinski definition) is 4. The van der Waals surface area contributed by atoms with Gasteiger partial charge in [-0.2, -0.15) is 0 Å². The minimum absolute atomic E-state index is 0.228. The maximum atomic E-state index is 12.6. The molecule has 0 radical (unpaired) electrons. The molecule has 2 aromatic rings. The lowest BCUT2D eigenvalue weighted by molar-refractivity contribution is -0.162. The Hall–Kier alpha value is -2.66. The second-order valence-corrected chi connectivity index (χ2v) is 4.69. The number of methoxy groups -OCH3 is 1. The second kappa shape index (κ2) is 4.71. The van der Waals surface area contributed by atoms with Crippen molar-refractivity contribution in [1.82, 2.24) is 0 Å². The number of aliphatic hydroxyl groups is 1. The van der Waals surface area contributed by atoms with Crippen LogP contribution in [0.4, 0.5) is 5.69 Å². The van der Waals surface area contributed by atoms with Crippen LogP contribution in [-0.2, 0) is 15.3 Å².